The van der Waals surface area contributed by atoms with Crippen LogP contribution in [0.1, 0.15) is 24.0 Å². The SMILES string of the molecule is FC(F)(F)c1cccc(NC2CCN(Cc3ccccc3)CC2)c1. The van der Waals surface area contributed by atoms with Crippen LogP contribution < -0.4 is 5.32 Å². The molecule has 5 heteroatoms. The number of nitrogens with zero attached hydrogens (tertiary/aromatic N) is 1. The maximum Gasteiger partial charge on any atom is 0.416 e. The topological polar surface area (TPSA) is 15.3 Å². The Morgan fingerprint density at radius 1 is 0.958 bits per heavy atom. The van der Waals surface area contributed by atoms with Gasteiger partial charge in [0.15, 0.2) is 0 Å². The standard InChI is InChI=1S/C19H21F3N2/c20-19(21,22)16-7-4-8-18(13-16)23-17-9-11-24(12-10-17)14-15-5-2-1-3-6-15/h1-8,13,17,23H,9-12,14H2. The molecule has 0 bridgehead atoms. The van der Waals surface area contributed by atoms with Crippen LogP contribution in [0, 0.1) is 0 Å². The summed E-state index contributed by atoms with van der Waals surface area (Å²) in [5.41, 5.74) is 1.24. The first-order chi connectivity index (χ1) is 11.5. The summed E-state index contributed by atoms with van der Waals surface area (Å²) in [6.45, 7) is 2.83. The van der Waals surface area contributed by atoms with Crippen molar-refractivity contribution in [2.75, 3.05) is 18.4 Å². The van der Waals surface area contributed by atoms with Gasteiger partial charge < -0.3 is 5.32 Å². The molecule has 0 aliphatic carbocycles. The van der Waals surface area contributed by atoms with Gasteiger partial charge in [0, 0.05) is 31.4 Å². The van der Waals surface area contributed by atoms with Crippen molar-refractivity contribution in [3.63, 3.8) is 0 Å². The van der Waals surface area contributed by atoms with Gasteiger partial charge >= 0.3 is 6.18 Å². The van der Waals surface area contributed by atoms with Gasteiger partial charge in [0.2, 0.25) is 0 Å². The Labute approximate surface area is 140 Å². The van der Waals surface area contributed by atoms with Gasteiger partial charge in [-0.05, 0) is 36.6 Å². The van der Waals surface area contributed by atoms with Gasteiger partial charge in [-0.1, -0.05) is 36.4 Å². The molecule has 1 N–H and O–H groups in total. The molecule has 0 unspecified atom stereocenters. The van der Waals surface area contributed by atoms with Crippen molar-refractivity contribution in [1.82, 2.24) is 4.90 Å². The average Bonchev–Trinajstić information content (AvgIpc) is 2.57. The molecule has 0 spiro atoms. The fraction of sp³-hybridized carbons (Fsp3) is 0.368. The number of nitrogens with one attached hydrogen (secondary N) is 1. The van der Waals surface area contributed by atoms with Crippen LogP contribution in [0.3, 0.4) is 0 Å². The minimum Gasteiger partial charge on any atom is -0.382 e. The Bertz CT molecular complexity index is 647. The number of hydrogen-bond acceptors (Lipinski definition) is 2. The third-order valence-corrected chi connectivity index (χ3v) is 4.40. The summed E-state index contributed by atoms with van der Waals surface area (Å²) < 4.78 is 38.3. The third-order valence-electron chi connectivity index (χ3n) is 4.40. The van der Waals surface area contributed by atoms with Crippen LogP contribution >= 0.6 is 0 Å². The van der Waals surface area contributed by atoms with Crippen molar-refractivity contribution in [2.45, 2.75) is 31.6 Å². The highest BCUT2D eigenvalue weighted by atomic mass is 19.4. The van der Waals surface area contributed by atoms with E-state index in [1.807, 2.05) is 18.2 Å². The molecule has 1 heterocycles. The highest BCUT2D eigenvalue weighted by Crippen LogP contribution is 2.31. The first kappa shape index (κ1) is 16.8. The molecule has 0 radical (unpaired) electrons. The van der Waals surface area contributed by atoms with E-state index >= 15 is 0 Å². The first-order valence-corrected chi connectivity index (χ1v) is 8.21. The summed E-state index contributed by atoms with van der Waals surface area (Å²) in [5.74, 6) is 0. The summed E-state index contributed by atoms with van der Waals surface area (Å²) in [4.78, 5) is 2.39. The van der Waals surface area contributed by atoms with Gasteiger partial charge in [0.25, 0.3) is 0 Å². The van der Waals surface area contributed by atoms with Crippen molar-refractivity contribution in [2.24, 2.45) is 0 Å². The summed E-state index contributed by atoms with van der Waals surface area (Å²) in [7, 11) is 0. The number of rotatable bonds is 4. The van der Waals surface area contributed by atoms with Gasteiger partial charge in [-0.2, -0.15) is 13.2 Å². The molecule has 0 saturated carbocycles. The highest BCUT2D eigenvalue weighted by Gasteiger charge is 2.30. The predicted octanol–water partition coefficient (Wildman–Crippen LogP) is 4.78. The van der Waals surface area contributed by atoms with E-state index in [2.05, 4.69) is 22.3 Å². The van der Waals surface area contributed by atoms with Crippen LogP contribution in [0.4, 0.5) is 18.9 Å². The van der Waals surface area contributed by atoms with Crippen molar-refractivity contribution in [3.8, 4) is 0 Å². The highest BCUT2D eigenvalue weighted by molar-refractivity contribution is 5.47. The lowest BCUT2D eigenvalue weighted by Crippen LogP contribution is -2.38. The maximum absolute atomic E-state index is 12.8. The normalized spacial score (nSPS) is 17.0. The number of alkyl halides is 3. The van der Waals surface area contributed by atoms with E-state index in [1.165, 1.54) is 17.7 Å². The van der Waals surface area contributed by atoms with Gasteiger partial charge in [-0.25, -0.2) is 0 Å². The first-order valence-electron chi connectivity index (χ1n) is 8.21. The largest absolute Gasteiger partial charge is 0.416 e. The fourth-order valence-electron chi connectivity index (χ4n) is 3.10. The van der Waals surface area contributed by atoms with Gasteiger partial charge in [0.05, 0.1) is 5.56 Å². The minimum absolute atomic E-state index is 0.223. The zero-order chi connectivity index (χ0) is 17.0. The molecule has 1 saturated heterocycles. The second kappa shape index (κ2) is 7.26. The maximum atomic E-state index is 12.8. The van der Waals surface area contributed by atoms with E-state index < -0.39 is 11.7 Å². The van der Waals surface area contributed by atoms with Crippen LogP contribution in [0.15, 0.2) is 54.6 Å². The Kier molecular flexibility index (Phi) is 5.09. The molecule has 0 atom stereocenters. The van der Waals surface area contributed by atoms with E-state index in [9.17, 15) is 13.2 Å². The fourth-order valence-corrected chi connectivity index (χ4v) is 3.10. The predicted molar refractivity (Wildman–Crippen MR) is 89.8 cm³/mol. The molecule has 24 heavy (non-hydrogen) atoms. The molecule has 1 aliphatic rings. The Morgan fingerprint density at radius 3 is 2.33 bits per heavy atom. The lowest BCUT2D eigenvalue weighted by atomic mass is 10.0. The Balaban J connectivity index is 1.52. The van der Waals surface area contributed by atoms with E-state index in [1.54, 1.807) is 6.07 Å². The van der Waals surface area contributed by atoms with Gasteiger partial charge in [-0.3, -0.25) is 4.90 Å². The molecular weight excluding hydrogens is 313 g/mol. The Hall–Kier alpha value is -2.01. The van der Waals surface area contributed by atoms with E-state index in [-0.39, 0.29) is 6.04 Å². The average molecular weight is 334 g/mol. The molecule has 2 nitrogen and oxygen atoms in total. The number of benzene rings is 2. The zero-order valence-corrected chi connectivity index (χ0v) is 13.4. The third kappa shape index (κ3) is 4.51. The summed E-state index contributed by atoms with van der Waals surface area (Å²) in [6, 6.07) is 16.0. The number of likely N-dealkylation sites (tertiary alicyclic amines) is 1. The van der Waals surface area contributed by atoms with Crippen LogP contribution in [-0.2, 0) is 12.7 Å². The van der Waals surface area contributed by atoms with Crippen molar-refractivity contribution < 1.29 is 13.2 Å². The molecule has 128 valence electrons. The smallest absolute Gasteiger partial charge is 0.382 e. The minimum atomic E-state index is -4.29. The molecular formula is C19H21F3N2. The van der Waals surface area contributed by atoms with Crippen molar-refractivity contribution in [3.05, 3.63) is 65.7 Å². The second-order valence-corrected chi connectivity index (χ2v) is 6.26. The Morgan fingerprint density at radius 2 is 1.67 bits per heavy atom. The van der Waals surface area contributed by atoms with E-state index in [0.29, 0.717) is 5.69 Å². The number of anilines is 1. The van der Waals surface area contributed by atoms with Crippen LogP contribution in [0.2, 0.25) is 0 Å². The number of hydrogen-bond donors (Lipinski definition) is 1. The van der Waals surface area contributed by atoms with Crippen LogP contribution in [0.25, 0.3) is 0 Å². The van der Waals surface area contributed by atoms with Crippen LogP contribution in [0.5, 0.6) is 0 Å². The lowest BCUT2D eigenvalue weighted by Gasteiger charge is -2.33. The quantitative estimate of drug-likeness (QED) is 0.865. The van der Waals surface area contributed by atoms with E-state index in [4.69, 9.17) is 0 Å². The molecule has 0 aromatic heterocycles. The molecule has 2 aromatic carbocycles. The molecule has 3 rings (SSSR count). The lowest BCUT2D eigenvalue weighted by molar-refractivity contribution is -0.137. The molecule has 2 aromatic rings. The summed E-state index contributed by atoms with van der Waals surface area (Å²) >= 11 is 0. The monoisotopic (exact) mass is 334 g/mol. The summed E-state index contributed by atoms with van der Waals surface area (Å²) in [5, 5.41) is 3.25. The van der Waals surface area contributed by atoms with Crippen molar-refractivity contribution >= 4 is 5.69 Å². The number of halogens is 3. The molecule has 1 fully saturated rings. The van der Waals surface area contributed by atoms with Gasteiger partial charge in [-0.15, -0.1) is 0 Å². The molecule has 0 amide bonds. The van der Waals surface area contributed by atoms with Crippen molar-refractivity contribution in [1.29, 1.82) is 0 Å². The van der Waals surface area contributed by atoms with E-state index in [0.717, 1.165) is 38.5 Å². The van der Waals surface area contributed by atoms with Gasteiger partial charge in [0.1, 0.15) is 0 Å². The second-order valence-electron chi connectivity index (χ2n) is 6.26. The summed E-state index contributed by atoms with van der Waals surface area (Å²) in [6.07, 6.45) is -2.43. The zero-order valence-electron chi connectivity index (χ0n) is 13.4. The number of piperidine rings is 1. The van der Waals surface area contributed by atoms with Crippen LogP contribution in [-0.4, -0.2) is 24.0 Å². The molecule has 1 aliphatic heterocycles.